The van der Waals surface area contributed by atoms with E-state index in [1.54, 1.807) is 6.07 Å². The number of pyridine rings is 1. The predicted octanol–water partition coefficient (Wildman–Crippen LogP) is 1.75. The number of nitrogens with zero attached hydrogens (tertiary/aromatic N) is 1. The Morgan fingerprint density at radius 2 is 2.06 bits per heavy atom. The standard InChI is InChI=1S/C12H14FNO2/c13-11-7-14-4-3-10(11)12(15)5-8-1-2-9(6-12)16-8/h3-4,7-9,15H,1-2,5-6H2. The lowest BCUT2D eigenvalue weighted by molar-refractivity contribution is -0.117. The summed E-state index contributed by atoms with van der Waals surface area (Å²) in [5.74, 6) is -0.425. The van der Waals surface area contributed by atoms with Crippen molar-refractivity contribution in [3.8, 4) is 0 Å². The van der Waals surface area contributed by atoms with Crippen LogP contribution >= 0.6 is 0 Å². The second kappa shape index (κ2) is 3.50. The van der Waals surface area contributed by atoms with Gasteiger partial charge in [-0.15, -0.1) is 0 Å². The number of fused-ring (bicyclic) bond motifs is 2. The molecule has 0 radical (unpaired) electrons. The molecule has 2 unspecified atom stereocenters. The van der Waals surface area contributed by atoms with Gasteiger partial charge in [0, 0.05) is 24.6 Å². The van der Waals surface area contributed by atoms with Crippen molar-refractivity contribution < 1.29 is 14.2 Å². The van der Waals surface area contributed by atoms with Crippen LogP contribution in [0, 0.1) is 5.82 Å². The first-order chi connectivity index (χ1) is 7.67. The van der Waals surface area contributed by atoms with Gasteiger partial charge in [-0.3, -0.25) is 4.98 Å². The quantitative estimate of drug-likeness (QED) is 0.788. The zero-order chi connectivity index (χ0) is 11.2. The Bertz CT molecular complexity index is 398. The lowest BCUT2D eigenvalue weighted by Crippen LogP contribution is -2.39. The minimum absolute atomic E-state index is 0.0799. The molecule has 3 nitrogen and oxygen atoms in total. The molecule has 1 N–H and O–H groups in total. The highest BCUT2D eigenvalue weighted by Crippen LogP contribution is 2.44. The Labute approximate surface area is 93.3 Å². The largest absolute Gasteiger partial charge is 0.385 e. The summed E-state index contributed by atoms with van der Waals surface area (Å²) in [5, 5.41) is 10.6. The van der Waals surface area contributed by atoms with Crippen molar-refractivity contribution in [2.45, 2.75) is 43.5 Å². The molecule has 0 amide bonds. The molecule has 2 aliphatic heterocycles. The van der Waals surface area contributed by atoms with E-state index in [1.165, 1.54) is 6.20 Å². The van der Waals surface area contributed by atoms with Gasteiger partial charge in [0.25, 0.3) is 0 Å². The molecule has 0 aliphatic carbocycles. The molecule has 1 aromatic heterocycles. The fraction of sp³-hybridized carbons (Fsp3) is 0.583. The van der Waals surface area contributed by atoms with Crippen LogP contribution in [0.4, 0.5) is 4.39 Å². The average molecular weight is 223 g/mol. The van der Waals surface area contributed by atoms with Gasteiger partial charge in [0.2, 0.25) is 0 Å². The first-order valence-corrected chi connectivity index (χ1v) is 5.65. The number of rotatable bonds is 1. The maximum atomic E-state index is 13.6. The van der Waals surface area contributed by atoms with Crippen LogP contribution in [0.25, 0.3) is 0 Å². The van der Waals surface area contributed by atoms with Gasteiger partial charge >= 0.3 is 0 Å². The SMILES string of the molecule is OC1(c2ccncc2F)CC2CCC(C1)O2. The van der Waals surface area contributed by atoms with Crippen LogP contribution in [0.5, 0.6) is 0 Å². The fourth-order valence-electron chi connectivity index (χ4n) is 2.89. The van der Waals surface area contributed by atoms with Crippen molar-refractivity contribution in [1.82, 2.24) is 4.98 Å². The van der Waals surface area contributed by atoms with Crippen molar-refractivity contribution in [2.24, 2.45) is 0 Å². The van der Waals surface area contributed by atoms with Crippen LogP contribution in [0.15, 0.2) is 18.5 Å². The van der Waals surface area contributed by atoms with Crippen molar-refractivity contribution in [1.29, 1.82) is 0 Å². The van der Waals surface area contributed by atoms with Gasteiger partial charge < -0.3 is 9.84 Å². The molecule has 86 valence electrons. The van der Waals surface area contributed by atoms with Crippen molar-refractivity contribution >= 4 is 0 Å². The predicted molar refractivity (Wildman–Crippen MR) is 55.2 cm³/mol. The molecule has 2 fully saturated rings. The van der Waals surface area contributed by atoms with Gasteiger partial charge in [0.05, 0.1) is 24.0 Å². The lowest BCUT2D eigenvalue weighted by atomic mass is 9.84. The minimum atomic E-state index is -1.07. The fourth-order valence-corrected chi connectivity index (χ4v) is 2.89. The van der Waals surface area contributed by atoms with E-state index in [0.717, 1.165) is 19.0 Å². The summed E-state index contributed by atoms with van der Waals surface area (Å²) in [6.45, 7) is 0. The lowest BCUT2D eigenvalue weighted by Gasteiger charge is -2.36. The van der Waals surface area contributed by atoms with Crippen LogP contribution < -0.4 is 0 Å². The van der Waals surface area contributed by atoms with Crippen LogP contribution in [0.2, 0.25) is 0 Å². The summed E-state index contributed by atoms with van der Waals surface area (Å²) in [6.07, 6.45) is 5.76. The minimum Gasteiger partial charge on any atom is -0.385 e. The van der Waals surface area contributed by atoms with Gasteiger partial charge in [-0.2, -0.15) is 0 Å². The molecule has 16 heavy (non-hydrogen) atoms. The van der Waals surface area contributed by atoms with Crippen molar-refractivity contribution in [3.05, 3.63) is 29.8 Å². The third kappa shape index (κ3) is 1.53. The first-order valence-electron chi connectivity index (χ1n) is 5.65. The third-order valence-corrected chi connectivity index (χ3v) is 3.60. The number of ether oxygens (including phenoxy) is 1. The number of hydrogen-bond donors (Lipinski definition) is 1. The van der Waals surface area contributed by atoms with E-state index in [1.807, 2.05) is 0 Å². The Kier molecular flexibility index (Phi) is 2.23. The number of halogens is 1. The molecule has 2 saturated heterocycles. The Morgan fingerprint density at radius 3 is 2.69 bits per heavy atom. The van der Waals surface area contributed by atoms with E-state index in [4.69, 9.17) is 4.74 Å². The van der Waals surface area contributed by atoms with Crippen LogP contribution in [0.1, 0.15) is 31.2 Å². The molecular formula is C12H14FNO2. The molecule has 3 heterocycles. The molecule has 0 spiro atoms. The zero-order valence-corrected chi connectivity index (χ0v) is 8.90. The second-order valence-corrected chi connectivity index (χ2v) is 4.75. The summed E-state index contributed by atoms with van der Waals surface area (Å²) in [6, 6.07) is 1.57. The van der Waals surface area contributed by atoms with Crippen LogP contribution in [-0.2, 0) is 10.3 Å². The second-order valence-electron chi connectivity index (χ2n) is 4.75. The van der Waals surface area contributed by atoms with Gasteiger partial charge in [-0.25, -0.2) is 4.39 Å². The van der Waals surface area contributed by atoms with Gasteiger partial charge in [0.1, 0.15) is 5.82 Å². The van der Waals surface area contributed by atoms with E-state index in [-0.39, 0.29) is 12.2 Å². The van der Waals surface area contributed by atoms with E-state index >= 15 is 0 Å². The Balaban J connectivity index is 1.96. The van der Waals surface area contributed by atoms with Crippen molar-refractivity contribution in [2.75, 3.05) is 0 Å². The molecule has 2 bridgehead atoms. The van der Waals surface area contributed by atoms with E-state index in [9.17, 15) is 9.50 Å². The number of hydrogen-bond acceptors (Lipinski definition) is 3. The van der Waals surface area contributed by atoms with E-state index < -0.39 is 11.4 Å². The Morgan fingerprint density at radius 1 is 1.38 bits per heavy atom. The molecule has 1 aromatic rings. The topological polar surface area (TPSA) is 42.4 Å². The molecular weight excluding hydrogens is 209 g/mol. The normalized spacial score (nSPS) is 37.6. The first kappa shape index (κ1) is 10.2. The van der Waals surface area contributed by atoms with Gasteiger partial charge in [0.15, 0.2) is 0 Å². The highest BCUT2D eigenvalue weighted by atomic mass is 19.1. The maximum Gasteiger partial charge on any atom is 0.147 e. The summed E-state index contributed by atoms with van der Waals surface area (Å²) < 4.78 is 19.3. The summed E-state index contributed by atoms with van der Waals surface area (Å²) >= 11 is 0. The van der Waals surface area contributed by atoms with Crippen LogP contribution in [-0.4, -0.2) is 22.3 Å². The number of aliphatic hydroxyl groups is 1. The highest BCUT2D eigenvalue weighted by molar-refractivity contribution is 5.23. The van der Waals surface area contributed by atoms with Gasteiger partial charge in [-0.05, 0) is 18.9 Å². The Hall–Kier alpha value is -1.00. The van der Waals surface area contributed by atoms with Crippen molar-refractivity contribution in [3.63, 3.8) is 0 Å². The molecule has 2 atom stereocenters. The monoisotopic (exact) mass is 223 g/mol. The van der Waals surface area contributed by atoms with E-state index in [0.29, 0.717) is 18.4 Å². The summed E-state index contributed by atoms with van der Waals surface area (Å²) in [5.41, 5.74) is -0.709. The zero-order valence-electron chi connectivity index (χ0n) is 8.90. The number of aromatic nitrogens is 1. The smallest absolute Gasteiger partial charge is 0.147 e. The third-order valence-electron chi connectivity index (χ3n) is 3.60. The van der Waals surface area contributed by atoms with Gasteiger partial charge in [-0.1, -0.05) is 0 Å². The highest BCUT2D eigenvalue weighted by Gasteiger charge is 2.45. The summed E-state index contributed by atoms with van der Waals surface area (Å²) in [7, 11) is 0. The summed E-state index contributed by atoms with van der Waals surface area (Å²) in [4.78, 5) is 3.71. The average Bonchev–Trinajstić information content (AvgIpc) is 2.59. The molecule has 0 aromatic carbocycles. The van der Waals surface area contributed by atoms with Crippen LogP contribution in [0.3, 0.4) is 0 Å². The van der Waals surface area contributed by atoms with E-state index in [2.05, 4.69) is 4.98 Å². The molecule has 4 heteroatoms. The maximum absolute atomic E-state index is 13.6. The molecule has 0 saturated carbocycles. The molecule has 3 rings (SSSR count). The molecule has 2 aliphatic rings.